The third kappa shape index (κ3) is 4.87. The third-order valence-corrected chi connectivity index (χ3v) is 3.53. The number of anilines is 3. The van der Waals surface area contributed by atoms with Crippen LogP contribution in [0, 0.1) is 0 Å². The van der Waals surface area contributed by atoms with Gasteiger partial charge in [0.2, 0.25) is 5.95 Å². The van der Waals surface area contributed by atoms with E-state index in [4.69, 9.17) is 21.1 Å². The summed E-state index contributed by atoms with van der Waals surface area (Å²) in [6.07, 6.45) is 1.69. The minimum absolute atomic E-state index is 0.480. The fourth-order valence-electron chi connectivity index (χ4n) is 2.00. The van der Waals surface area contributed by atoms with Gasteiger partial charge < -0.3 is 25.0 Å². The maximum atomic E-state index is 6.12. The molecule has 0 aliphatic heterocycles. The number of aromatic nitrogens is 2. The first-order valence-corrected chi connectivity index (χ1v) is 7.81. The smallest absolute Gasteiger partial charge is 0.224 e. The molecule has 1 aromatic heterocycles. The van der Waals surface area contributed by atoms with Crippen LogP contribution in [0.4, 0.5) is 17.5 Å². The summed E-state index contributed by atoms with van der Waals surface area (Å²) in [5.74, 6) is 2.35. The Labute approximate surface area is 147 Å². The van der Waals surface area contributed by atoms with E-state index in [1.807, 2.05) is 14.1 Å². The summed E-state index contributed by atoms with van der Waals surface area (Å²) in [5.41, 5.74) is 0.705. The maximum Gasteiger partial charge on any atom is 0.224 e. The fourth-order valence-corrected chi connectivity index (χ4v) is 2.23. The van der Waals surface area contributed by atoms with Crippen molar-refractivity contribution in [2.24, 2.45) is 0 Å². The molecule has 8 heteroatoms. The molecule has 0 aliphatic rings. The van der Waals surface area contributed by atoms with E-state index < -0.39 is 0 Å². The molecule has 0 fully saturated rings. The summed E-state index contributed by atoms with van der Waals surface area (Å²) in [7, 11) is 7.17. The second-order valence-electron chi connectivity index (χ2n) is 5.31. The topological polar surface area (TPSA) is 71.5 Å². The molecule has 1 aromatic carbocycles. The van der Waals surface area contributed by atoms with E-state index in [1.165, 1.54) is 0 Å². The molecule has 0 amide bonds. The maximum absolute atomic E-state index is 6.12. The molecule has 0 aliphatic carbocycles. The van der Waals surface area contributed by atoms with Crippen molar-refractivity contribution in [3.8, 4) is 11.5 Å². The minimum atomic E-state index is 0.480. The van der Waals surface area contributed by atoms with Gasteiger partial charge >= 0.3 is 0 Å². The molecule has 0 bridgehead atoms. The monoisotopic (exact) mass is 351 g/mol. The lowest BCUT2D eigenvalue weighted by Crippen LogP contribution is -2.21. The van der Waals surface area contributed by atoms with Crippen LogP contribution in [0.15, 0.2) is 24.4 Å². The highest BCUT2D eigenvalue weighted by Gasteiger charge is 2.11. The molecule has 0 spiro atoms. The van der Waals surface area contributed by atoms with Crippen LogP contribution in [0.25, 0.3) is 0 Å². The molecule has 0 saturated carbocycles. The van der Waals surface area contributed by atoms with Crippen molar-refractivity contribution < 1.29 is 9.47 Å². The Morgan fingerprint density at radius 1 is 1.17 bits per heavy atom. The normalized spacial score (nSPS) is 10.6. The lowest BCUT2D eigenvalue weighted by atomic mass is 10.2. The fraction of sp³-hybridized carbons (Fsp3) is 0.375. The van der Waals surface area contributed by atoms with Gasteiger partial charge in [0, 0.05) is 31.4 Å². The number of nitrogens with zero attached hydrogens (tertiary/aromatic N) is 3. The van der Waals surface area contributed by atoms with Crippen molar-refractivity contribution in [2.75, 3.05) is 52.0 Å². The quantitative estimate of drug-likeness (QED) is 0.757. The van der Waals surface area contributed by atoms with Crippen LogP contribution in [0.2, 0.25) is 5.02 Å². The van der Waals surface area contributed by atoms with Crippen molar-refractivity contribution >= 4 is 29.1 Å². The number of hydrogen-bond donors (Lipinski definition) is 2. The highest BCUT2D eigenvalue weighted by atomic mass is 35.5. The Morgan fingerprint density at radius 2 is 1.92 bits per heavy atom. The van der Waals surface area contributed by atoms with E-state index in [-0.39, 0.29) is 0 Å². The van der Waals surface area contributed by atoms with Gasteiger partial charge in [0.05, 0.1) is 24.9 Å². The largest absolute Gasteiger partial charge is 0.495 e. The van der Waals surface area contributed by atoms with E-state index in [1.54, 1.807) is 38.6 Å². The zero-order valence-corrected chi connectivity index (χ0v) is 15.0. The minimum Gasteiger partial charge on any atom is -0.495 e. The molecule has 2 aromatic rings. The van der Waals surface area contributed by atoms with E-state index >= 15 is 0 Å². The van der Waals surface area contributed by atoms with Crippen molar-refractivity contribution in [1.29, 1.82) is 0 Å². The average molecular weight is 352 g/mol. The van der Waals surface area contributed by atoms with E-state index in [9.17, 15) is 0 Å². The van der Waals surface area contributed by atoms with Crippen molar-refractivity contribution in [1.82, 2.24) is 14.9 Å². The predicted octanol–water partition coefficient (Wildman–Crippen LogP) is 2.86. The van der Waals surface area contributed by atoms with E-state index in [0.717, 1.165) is 13.1 Å². The van der Waals surface area contributed by atoms with E-state index in [2.05, 4.69) is 25.5 Å². The number of methoxy groups -OCH3 is 2. The van der Waals surface area contributed by atoms with Crippen LogP contribution >= 0.6 is 11.6 Å². The second-order valence-corrected chi connectivity index (χ2v) is 5.71. The van der Waals surface area contributed by atoms with Gasteiger partial charge in [-0.2, -0.15) is 4.98 Å². The van der Waals surface area contributed by atoms with Gasteiger partial charge in [-0.3, -0.25) is 0 Å². The standard InChI is InChI=1S/C16H22ClN5O2/c1-22(2)8-7-19-16-18-6-5-15(21-16)20-12-10-13(23-3)11(17)9-14(12)24-4/h5-6,9-10H,7-8H2,1-4H3,(H2,18,19,20,21). The Hall–Kier alpha value is -2.25. The Bertz CT molecular complexity index is 682. The SMILES string of the molecule is COc1cc(Nc2ccnc(NCCN(C)C)n2)c(OC)cc1Cl. The Kier molecular flexibility index (Phi) is 6.45. The number of rotatable bonds is 8. The number of halogens is 1. The van der Waals surface area contributed by atoms with Crippen molar-refractivity contribution in [3.63, 3.8) is 0 Å². The third-order valence-electron chi connectivity index (χ3n) is 3.23. The molecular weight excluding hydrogens is 330 g/mol. The van der Waals surface area contributed by atoms with Gasteiger partial charge in [-0.05, 0) is 20.2 Å². The second kappa shape index (κ2) is 8.56. The molecule has 0 saturated heterocycles. The van der Waals surface area contributed by atoms with Crippen LogP contribution in [0.3, 0.4) is 0 Å². The summed E-state index contributed by atoms with van der Waals surface area (Å²) >= 11 is 6.12. The van der Waals surface area contributed by atoms with Gasteiger partial charge in [0.1, 0.15) is 17.3 Å². The predicted molar refractivity (Wildman–Crippen MR) is 96.9 cm³/mol. The first-order chi connectivity index (χ1) is 11.5. The molecular formula is C16H22ClN5O2. The number of ether oxygens (including phenoxy) is 2. The Morgan fingerprint density at radius 3 is 2.58 bits per heavy atom. The summed E-state index contributed by atoms with van der Waals surface area (Å²) < 4.78 is 10.6. The lowest BCUT2D eigenvalue weighted by Gasteiger charge is -2.14. The zero-order chi connectivity index (χ0) is 17.5. The van der Waals surface area contributed by atoms with Crippen LogP contribution < -0.4 is 20.1 Å². The summed E-state index contributed by atoms with van der Waals surface area (Å²) in [4.78, 5) is 10.7. The van der Waals surface area contributed by atoms with Gasteiger partial charge in [-0.1, -0.05) is 11.6 Å². The van der Waals surface area contributed by atoms with Crippen LogP contribution in [0.1, 0.15) is 0 Å². The summed E-state index contributed by atoms with van der Waals surface area (Å²) in [6.45, 7) is 1.65. The summed E-state index contributed by atoms with van der Waals surface area (Å²) in [5, 5.41) is 6.86. The molecule has 130 valence electrons. The highest BCUT2D eigenvalue weighted by Crippen LogP contribution is 2.37. The number of likely N-dealkylation sites (N-methyl/N-ethyl adjacent to an activating group) is 1. The lowest BCUT2D eigenvalue weighted by molar-refractivity contribution is 0.405. The van der Waals surface area contributed by atoms with Crippen LogP contribution in [-0.2, 0) is 0 Å². The van der Waals surface area contributed by atoms with Gasteiger partial charge in [0.15, 0.2) is 0 Å². The van der Waals surface area contributed by atoms with Crippen molar-refractivity contribution in [2.45, 2.75) is 0 Å². The molecule has 0 radical (unpaired) electrons. The van der Waals surface area contributed by atoms with E-state index in [0.29, 0.717) is 34.0 Å². The number of benzene rings is 1. The van der Waals surface area contributed by atoms with Crippen LogP contribution in [-0.4, -0.2) is 56.3 Å². The van der Waals surface area contributed by atoms with Crippen LogP contribution in [0.5, 0.6) is 11.5 Å². The number of nitrogens with one attached hydrogen (secondary N) is 2. The zero-order valence-electron chi connectivity index (χ0n) is 14.3. The summed E-state index contributed by atoms with van der Waals surface area (Å²) in [6, 6.07) is 5.24. The first-order valence-electron chi connectivity index (χ1n) is 7.43. The molecule has 0 atom stereocenters. The molecule has 2 N–H and O–H groups in total. The molecule has 24 heavy (non-hydrogen) atoms. The molecule has 1 heterocycles. The highest BCUT2D eigenvalue weighted by molar-refractivity contribution is 6.32. The molecule has 7 nitrogen and oxygen atoms in total. The first kappa shape index (κ1) is 18.1. The average Bonchev–Trinajstić information content (AvgIpc) is 2.56. The van der Waals surface area contributed by atoms with Gasteiger partial charge in [-0.15, -0.1) is 0 Å². The van der Waals surface area contributed by atoms with Crippen molar-refractivity contribution in [3.05, 3.63) is 29.4 Å². The molecule has 0 unspecified atom stereocenters. The van der Waals surface area contributed by atoms with Gasteiger partial charge in [-0.25, -0.2) is 4.98 Å². The number of hydrogen-bond acceptors (Lipinski definition) is 7. The Balaban J connectivity index is 2.16. The van der Waals surface area contributed by atoms with Gasteiger partial charge in [0.25, 0.3) is 0 Å². The molecule has 2 rings (SSSR count).